The number of hydrogen-bond donors (Lipinski definition) is 1. The standard InChI is InChI=1S/C12H13NO/c1-8-3-4-11(9(2)14)12-7-13-6-5-10(8)12/h3-7,9,14H,1-2H3. The molecule has 0 spiro atoms. The van der Waals surface area contributed by atoms with E-state index < -0.39 is 6.10 Å². The SMILES string of the molecule is Cc1ccc(C(C)O)c2cnccc12. The molecule has 0 saturated heterocycles. The third-order valence-corrected chi connectivity index (χ3v) is 2.52. The summed E-state index contributed by atoms with van der Waals surface area (Å²) < 4.78 is 0. The third-order valence-electron chi connectivity index (χ3n) is 2.52. The molecule has 2 aromatic rings. The summed E-state index contributed by atoms with van der Waals surface area (Å²) in [5.74, 6) is 0. The van der Waals surface area contributed by atoms with Gasteiger partial charge in [0.05, 0.1) is 6.10 Å². The van der Waals surface area contributed by atoms with Gasteiger partial charge in [-0.3, -0.25) is 4.98 Å². The van der Waals surface area contributed by atoms with E-state index >= 15 is 0 Å². The van der Waals surface area contributed by atoms with E-state index in [1.54, 1.807) is 13.1 Å². The number of rotatable bonds is 1. The zero-order valence-electron chi connectivity index (χ0n) is 8.36. The minimum atomic E-state index is -0.442. The van der Waals surface area contributed by atoms with Crippen molar-refractivity contribution in [1.82, 2.24) is 4.98 Å². The van der Waals surface area contributed by atoms with Gasteiger partial charge in [0.2, 0.25) is 0 Å². The Bertz CT molecular complexity index is 463. The fourth-order valence-corrected chi connectivity index (χ4v) is 1.73. The van der Waals surface area contributed by atoms with Crippen molar-refractivity contribution >= 4 is 10.8 Å². The largest absolute Gasteiger partial charge is 0.389 e. The first-order valence-corrected chi connectivity index (χ1v) is 4.71. The zero-order valence-corrected chi connectivity index (χ0v) is 8.36. The Balaban J connectivity index is 2.82. The van der Waals surface area contributed by atoms with E-state index in [-0.39, 0.29) is 0 Å². The molecule has 1 heterocycles. The molecule has 0 saturated carbocycles. The molecule has 0 aliphatic rings. The number of benzene rings is 1. The van der Waals surface area contributed by atoms with Crippen molar-refractivity contribution in [3.63, 3.8) is 0 Å². The van der Waals surface area contributed by atoms with Gasteiger partial charge in [-0.25, -0.2) is 0 Å². The molecule has 2 nitrogen and oxygen atoms in total. The van der Waals surface area contributed by atoms with Crippen molar-refractivity contribution in [2.45, 2.75) is 20.0 Å². The molecule has 0 amide bonds. The van der Waals surface area contributed by atoms with E-state index in [2.05, 4.69) is 11.9 Å². The molecule has 1 aromatic heterocycles. The fourth-order valence-electron chi connectivity index (χ4n) is 1.73. The predicted molar refractivity (Wildman–Crippen MR) is 57.1 cm³/mol. The Morgan fingerprint density at radius 2 is 2.00 bits per heavy atom. The van der Waals surface area contributed by atoms with Crippen LogP contribution in [-0.4, -0.2) is 10.1 Å². The van der Waals surface area contributed by atoms with Crippen LogP contribution < -0.4 is 0 Å². The highest BCUT2D eigenvalue weighted by Gasteiger charge is 2.07. The van der Waals surface area contributed by atoms with E-state index in [9.17, 15) is 5.11 Å². The number of fused-ring (bicyclic) bond motifs is 1. The molecule has 0 radical (unpaired) electrons. The Hall–Kier alpha value is -1.41. The summed E-state index contributed by atoms with van der Waals surface area (Å²) in [5, 5.41) is 11.8. The maximum absolute atomic E-state index is 9.58. The Kier molecular flexibility index (Phi) is 2.22. The van der Waals surface area contributed by atoms with Crippen LogP contribution in [0.4, 0.5) is 0 Å². The number of pyridine rings is 1. The average Bonchev–Trinajstić information content (AvgIpc) is 2.18. The van der Waals surface area contributed by atoms with Crippen LogP contribution in [0.2, 0.25) is 0 Å². The van der Waals surface area contributed by atoms with Gasteiger partial charge in [-0.05, 0) is 36.4 Å². The maximum atomic E-state index is 9.58. The highest BCUT2D eigenvalue weighted by Crippen LogP contribution is 2.25. The van der Waals surface area contributed by atoms with Crippen LogP contribution in [0.3, 0.4) is 0 Å². The highest BCUT2D eigenvalue weighted by molar-refractivity contribution is 5.87. The average molecular weight is 187 g/mol. The lowest BCUT2D eigenvalue weighted by molar-refractivity contribution is 0.201. The van der Waals surface area contributed by atoms with E-state index in [4.69, 9.17) is 0 Å². The van der Waals surface area contributed by atoms with Crippen LogP contribution >= 0.6 is 0 Å². The van der Waals surface area contributed by atoms with Crippen molar-refractivity contribution in [3.8, 4) is 0 Å². The van der Waals surface area contributed by atoms with Crippen LogP contribution in [0.15, 0.2) is 30.6 Å². The zero-order chi connectivity index (χ0) is 10.1. The molecule has 72 valence electrons. The van der Waals surface area contributed by atoms with Gasteiger partial charge in [0.25, 0.3) is 0 Å². The highest BCUT2D eigenvalue weighted by atomic mass is 16.3. The second kappa shape index (κ2) is 3.39. The van der Waals surface area contributed by atoms with Gasteiger partial charge >= 0.3 is 0 Å². The predicted octanol–water partition coefficient (Wildman–Crippen LogP) is 2.60. The number of aliphatic hydroxyl groups is 1. The molecule has 1 aromatic carbocycles. The summed E-state index contributed by atoms with van der Waals surface area (Å²) >= 11 is 0. The second-order valence-corrected chi connectivity index (χ2v) is 3.57. The van der Waals surface area contributed by atoms with E-state index in [0.29, 0.717) is 0 Å². The first kappa shape index (κ1) is 9.16. The quantitative estimate of drug-likeness (QED) is 0.744. The van der Waals surface area contributed by atoms with Crippen molar-refractivity contribution in [1.29, 1.82) is 0 Å². The number of aliphatic hydroxyl groups excluding tert-OH is 1. The molecule has 0 aliphatic heterocycles. The first-order chi connectivity index (χ1) is 6.70. The molecule has 0 aliphatic carbocycles. The van der Waals surface area contributed by atoms with Gasteiger partial charge in [0.15, 0.2) is 0 Å². The Labute approximate surface area is 83.2 Å². The van der Waals surface area contributed by atoms with Crippen LogP contribution in [0, 0.1) is 6.92 Å². The number of aryl methyl sites for hydroxylation is 1. The topological polar surface area (TPSA) is 33.1 Å². The van der Waals surface area contributed by atoms with Gasteiger partial charge in [-0.2, -0.15) is 0 Å². The normalized spacial score (nSPS) is 13.1. The fraction of sp³-hybridized carbons (Fsp3) is 0.250. The smallest absolute Gasteiger partial charge is 0.0768 e. The Morgan fingerprint density at radius 1 is 1.21 bits per heavy atom. The molecule has 2 heteroatoms. The number of aromatic nitrogens is 1. The summed E-state index contributed by atoms with van der Waals surface area (Å²) in [4.78, 5) is 4.09. The van der Waals surface area contributed by atoms with Crippen molar-refractivity contribution < 1.29 is 5.11 Å². The number of hydrogen-bond acceptors (Lipinski definition) is 2. The molecular formula is C12H13NO. The molecule has 1 N–H and O–H groups in total. The second-order valence-electron chi connectivity index (χ2n) is 3.57. The summed E-state index contributed by atoms with van der Waals surface area (Å²) in [7, 11) is 0. The van der Waals surface area contributed by atoms with E-state index in [1.807, 2.05) is 24.4 Å². The lowest BCUT2D eigenvalue weighted by Crippen LogP contribution is -1.94. The first-order valence-electron chi connectivity index (χ1n) is 4.71. The lowest BCUT2D eigenvalue weighted by atomic mass is 9.99. The van der Waals surface area contributed by atoms with Crippen LogP contribution in [-0.2, 0) is 0 Å². The maximum Gasteiger partial charge on any atom is 0.0768 e. The van der Waals surface area contributed by atoms with Crippen LogP contribution in [0.1, 0.15) is 24.2 Å². The van der Waals surface area contributed by atoms with Crippen molar-refractivity contribution in [2.24, 2.45) is 0 Å². The molecule has 0 bridgehead atoms. The summed E-state index contributed by atoms with van der Waals surface area (Å²) in [6.07, 6.45) is 3.15. The minimum absolute atomic E-state index is 0.442. The minimum Gasteiger partial charge on any atom is -0.389 e. The summed E-state index contributed by atoms with van der Waals surface area (Å²) in [6.45, 7) is 3.84. The van der Waals surface area contributed by atoms with Gasteiger partial charge < -0.3 is 5.11 Å². The molecule has 1 unspecified atom stereocenters. The van der Waals surface area contributed by atoms with E-state index in [1.165, 1.54) is 10.9 Å². The molecule has 2 rings (SSSR count). The number of nitrogens with zero attached hydrogens (tertiary/aromatic N) is 1. The van der Waals surface area contributed by atoms with Crippen LogP contribution in [0.25, 0.3) is 10.8 Å². The van der Waals surface area contributed by atoms with Crippen molar-refractivity contribution in [2.75, 3.05) is 0 Å². The van der Waals surface area contributed by atoms with E-state index in [0.717, 1.165) is 10.9 Å². The third kappa shape index (κ3) is 1.38. The molecule has 14 heavy (non-hydrogen) atoms. The van der Waals surface area contributed by atoms with Gasteiger partial charge in [-0.1, -0.05) is 12.1 Å². The summed E-state index contributed by atoms with van der Waals surface area (Å²) in [6, 6.07) is 5.98. The van der Waals surface area contributed by atoms with Crippen molar-refractivity contribution in [3.05, 3.63) is 41.7 Å². The molecule has 0 fully saturated rings. The van der Waals surface area contributed by atoms with Gasteiger partial charge in [0, 0.05) is 17.8 Å². The Morgan fingerprint density at radius 3 is 2.71 bits per heavy atom. The van der Waals surface area contributed by atoms with Gasteiger partial charge in [0.1, 0.15) is 0 Å². The molecule has 1 atom stereocenters. The molecular weight excluding hydrogens is 174 g/mol. The van der Waals surface area contributed by atoms with Gasteiger partial charge in [-0.15, -0.1) is 0 Å². The monoisotopic (exact) mass is 187 g/mol. The lowest BCUT2D eigenvalue weighted by Gasteiger charge is -2.10. The van der Waals surface area contributed by atoms with Crippen LogP contribution in [0.5, 0.6) is 0 Å². The summed E-state index contributed by atoms with van der Waals surface area (Å²) in [5.41, 5.74) is 2.16.